The summed E-state index contributed by atoms with van der Waals surface area (Å²) in [5, 5.41) is 0. The number of nitrogens with one attached hydrogen (secondary N) is 1. The van der Waals surface area contributed by atoms with Crippen molar-refractivity contribution in [2.75, 3.05) is 13.7 Å². The first kappa shape index (κ1) is 10.8. The predicted octanol–water partition coefficient (Wildman–Crippen LogP) is 1.71. The number of hydrogen-bond donors (Lipinski definition) is 1. The summed E-state index contributed by atoms with van der Waals surface area (Å²) in [6.07, 6.45) is 4.13. The van der Waals surface area contributed by atoms with Gasteiger partial charge in [0.25, 0.3) is 0 Å². The molecule has 1 saturated carbocycles. The number of hydrogen-bond acceptors (Lipinski definition) is 3. The lowest BCUT2D eigenvalue weighted by molar-refractivity contribution is -0.147. The lowest BCUT2D eigenvalue weighted by atomic mass is 9.81. The normalized spacial score (nSPS) is 28.5. The Morgan fingerprint density at radius 2 is 2.38 bits per heavy atom. The van der Waals surface area contributed by atoms with Gasteiger partial charge < -0.3 is 4.74 Å². The topological polar surface area (TPSA) is 38.3 Å². The molecule has 1 unspecified atom stereocenters. The van der Waals surface area contributed by atoms with Crippen LogP contribution in [0.2, 0.25) is 0 Å². The van der Waals surface area contributed by atoms with E-state index in [0.717, 1.165) is 32.2 Å². The summed E-state index contributed by atoms with van der Waals surface area (Å²) in [6, 6.07) is 0. The van der Waals surface area contributed by atoms with E-state index in [-0.39, 0.29) is 11.9 Å². The van der Waals surface area contributed by atoms with Gasteiger partial charge in [-0.15, -0.1) is 0 Å². The highest BCUT2D eigenvalue weighted by Gasteiger charge is 2.27. The number of ether oxygens (including phenoxy) is 1. The van der Waals surface area contributed by atoms with Gasteiger partial charge in [-0.3, -0.25) is 4.79 Å². The minimum atomic E-state index is -0.0701. The number of methoxy groups -OCH3 is 1. The molecule has 0 bridgehead atoms. The average molecular weight is 206 g/mol. The third-order valence-corrected chi connectivity index (χ3v) is 2.84. The monoisotopic (exact) mass is 205 g/mol. The summed E-state index contributed by atoms with van der Waals surface area (Å²) in [5.41, 5.74) is 0. The van der Waals surface area contributed by atoms with Gasteiger partial charge in [-0.05, 0) is 37.0 Å². The zero-order chi connectivity index (χ0) is 9.68. The minimum Gasteiger partial charge on any atom is -0.469 e. The molecule has 0 amide bonds. The number of carbonyl (C=O) groups is 1. The largest absolute Gasteiger partial charge is 0.469 e. The third-order valence-electron chi connectivity index (χ3n) is 2.68. The van der Waals surface area contributed by atoms with Crippen molar-refractivity contribution < 1.29 is 9.53 Å². The zero-order valence-electron chi connectivity index (χ0n) is 7.88. The van der Waals surface area contributed by atoms with Crippen molar-refractivity contribution in [2.24, 2.45) is 11.8 Å². The molecule has 1 fully saturated rings. The van der Waals surface area contributed by atoms with Gasteiger partial charge in [0, 0.05) is 6.54 Å². The Kier molecular flexibility index (Phi) is 4.53. The molecule has 0 saturated heterocycles. The van der Waals surface area contributed by atoms with E-state index < -0.39 is 0 Å². The van der Waals surface area contributed by atoms with Crippen molar-refractivity contribution in [3.05, 3.63) is 0 Å². The SMILES string of the molecule is COC(=O)C1CCC[C@@H](CNCl)C1. The number of esters is 1. The molecule has 76 valence electrons. The van der Waals surface area contributed by atoms with E-state index in [2.05, 4.69) is 4.84 Å². The van der Waals surface area contributed by atoms with Crippen LogP contribution in [0.1, 0.15) is 25.7 Å². The van der Waals surface area contributed by atoms with Crippen LogP contribution >= 0.6 is 11.8 Å². The van der Waals surface area contributed by atoms with E-state index in [4.69, 9.17) is 16.5 Å². The molecule has 0 spiro atoms. The van der Waals surface area contributed by atoms with Gasteiger partial charge in [-0.25, -0.2) is 4.84 Å². The lowest BCUT2D eigenvalue weighted by Crippen LogP contribution is -2.27. The molecule has 1 rings (SSSR count). The molecule has 0 aromatic rings. The number of carbonyl (C=O) groups excluding carboxylic acids is 1. The van der Waals surface area contributed by atoms with Gasteiger partial charge in [0.2, 0.25) is 0 Å². The Bertz CT molecular complexity index is 173. The maximum Gasteiger partial charge on any atom is 0.308 e. The van der Waals surface area contributed by atoms with Crippen molar-refractivity contribution >= 4 is 17.7 Å². The van der Waals surface area contributed by atoms with Gasteiger partial charge in [0.05, 0.1) is 13.0 Å². The van der Waals surface area contributed by atoms with Crippen LogP contribution < -0.4 is 4.84 Å². The van der Waals surface area contributed by atoms with Crippen LogP contribution in [0.3, 0.4) is 0 Å². The quantitative estimate of drug-likeness (QED) is 0.563. The van der Waals surface area contributed by atoms with E-state index in [0.29, 0.717) is 5.92 Å². The van der Waals surface area contributed by atoms with Crippen molar-refractivity contribution in [3.8, 4) is 0 Å². The Labute approximate surface area is 83.9 Å². The predicted molar refractivity (Wildman–Crippen MR) is 51.3 cm³/mol. The summed E-state index contributed by atoms with van der Waals surface area (Å²) in [6.45, 7) is 0.787. The van der Waals surface area contributed by atoms with E-state index in [1.807, 2.05) is 0 Å². The zero-order valence-corrected chi connectivity index (χ0v) is 8.64. The summed E-state index contributed by atoms with van der Waals surface area (Å²) in [4.78, 5) is 13.9. The molecular formula is C9H16ClNO2. The fraction of sp³-hybridized carbons (Fsp3) is 0.889. The van der Waals surface area contributed by atoms with E-state index in [9.17, 15) is 4.79 Å². The molecule has 1 aliphatic rings. The summed E-state index contributed by atoms with van der Waals surface area (Å²) < 4.78 is 4.72. The van der Waals surface area contributed by atoms with Crippen LogP contribution in [-0.2, 0) is 9.53 Å². The summed E-state index contributed by atoms with van der Waals surface area (Å²) >= 11 is 5.43. The van der Waals surface area contributed by atoms with Crippen molar-refractivity contribution in [1.82, 2.24) is 4.84 Å². The molecule has 0 aromatic carbocycles. The van der Waals surface area contributed by atoms with Crippen LogP contribution in [0.4, 0.5) is 0 Å². The van der Waals surface area contributed by atoms with Crippen molar-refractivity contribution in [2.45, 2.75) is 25.7 Å². The third kappa shape index (κ3) is 3.16. The Morgan fingerprint density at radius 1 is 1.62 bits per heavy atom. The molecule has 0 heterocycles. The standard InChI is InChI=1S/C9H16ClNO2/c1-13-9(12)8-4-2-3-7(5-8)6-11-10/h7-8,11H,2-6H2,1H3/t7-,8?/m1/s1. The molecule has 0 radical (unpaired) electrons. The first-order valence-corrected chi connectivity index (χ1v) is 5.07. The van der Waals surface area contributed by atoms with Gasteiger partial charge in [-0.2, -0.15) is 0 Å². The highest BCUT2D eigenvalue weighted by molar-refractivity contribution is 6.13. The first-order chi connectivity index (χ1) is 6.27. The second kappa shape index (κ2) is 5.45. The van der Waals surface area contributed by atoms with Crippen LogP contribution in [0.15, 0.2) is 0 Å². The van der Waals surface area contributed by atoms with Crippen molar-refractivity contribution in [1.29, 1.82) is 0 Å². The lowest BCUT2D eigenvalue weighted by Gasteiger charge is -2.26. The highest BCUT2D eigenvalue weighted by Crippen LogP contribution is 2.29. The highest BCUT2D eigenvalue weighted by atomic mass is 35.5. The van der Waals surface area contributed by atoms with Gasteiger partial charge in [0.1, 0.15) is 0 Å². The van der Waals surface area contributed by atoms with E-state index in [1.54, 1.807) is 0 Å². The van der Waals surface area contributed by atoms with E-state index in [1.165, 1.54) is 7.11 Å². The second-order valence-electron chi connectivity index (χ2n) is 3.59. The smallest absolute Gasteiger partial charge is 0.308 e. The molecule has 3 nitrogen and oxygen atoms in total. The maximum atomic E-state index is 11.2. The van der Waals surface area contributed by atoms with Gasteiger partial charge in [-0.1, -0.05) is 6.42 Å². The van der Waals surface area contributed by atoms with E-state index >= 15 is 0 Å². The Balaban J connectivity index is 2.37. The molecule has 4 heteroatoms. The van der Waals surface area contributed by atoms with Crippen LogP contribution in [-0.4, -0.2) is 19.6 Å². The second-order valence-corrected chi connectivity index (χ2v) is 3.86. The molecule has 13 heavy (non-hydrogen) atoms. The molecule has 1 N–H and O–H groups in total. The fourth-order valence-corrected chi connectivity index (χ4v) is 2.18. The summed E-state index contributed by atoms with van der Waals surface area (Å²) in [7, 11) is 1.45. The van der Waals surface area contributed by atoms with Gasteiger partial charge >= 0.3 is 5.97 Å². The molecule has 0 aromatic heterocycles. The molecule has 2 atom stereocenters. The molecular weight excluding hydrogens is 190 g/mol. The Morgan fingerprint density at radius 3 is 3.00 bits per heavy atom. The van der Waals surface area contributed by atoms with Crippen LogP contribution in [0, 0.1) is 11.8 Å². The van der Waals surface area contributed by atoms with Crippen LogP contribution in [0.25, 0.3) is 0 Å². The molecule has 0 aliphatic heterocycles. The Hall–Kier alpha value is -0.280. The number of halogens is 1. The maximum absolute atomic E-state index is 11.2. The fourth-order valence-electron chi connectivity index (χ4n) is 1.97. The van der Waals surface area contributed by atoms with Crippen LogP contribution in [0.5, 0.6) is 0 Å². The first-order valence-electron chi connectivity index (χ1n) is 4.69. The molecule has 1 aliphatic carbocycles. The van der Waals surface area contributed by atoms with Crippen molar-refractivity contribution in [3.63, 3.8) is 0 Å². The van der Waals surface area contributed by atoms with Gasteiger partial charge in [0.15, 0.2) is 0 Å². The minimum absolute atomic E-state index is 0.0701. The number of rotatable bonds is 3. The average Bonchev–Trinajstić information content (AvgIpc) is 2.18. The summed E-state index contributed by atoms with van der Waals surface area (Å²) in [5.74, 6) is 0.545.